The molecule has 0 aliphatic rings. The monoisotopic (exact) mass is 334 g/mol. The van der Waals surface area contributed by atoms with Crippen molar-refractivity contribution in [2.45, 2.75) is 77.8 Å². The number of carbonyl (C=O) groups is 1. The predicted octanol–water partition coefficient (Wildman–Crippen LogP) is 1.91. The summed E-state index contributed by atoms with van der Waals surface area (Å²) < 4.78 is 16.2. The van der Waals surface area contributed by atoms with E-state index >= 15 is 0 Å². The molecule has 0 aliphatic heterocycles. The molecule has 0 amide bonds. The minimum atomic E-state index is -1.21. The molecule has 23 heavy (non-hydrogen) atoms. The van der Waals surface area contributed by atoms with Crippen molar-refractivity contribution >= 4 is 5.97 Å². The highest BCUT2D eigenvalue weighted by Crippen LogP contribution is 2.28. The van der Waals surface area contributed by atoms with Crippen LogP contribution in [0.1, 0.15) is 55.4 Å². The summed E-state index contributed by atoms with van der Waals surface area (Å²) in [6, 6.07) is 0. The number of rotatable bonds is 9. The van der Waals surface area contributed by atoms with Crippen LogP contribution in [0.4, 0.5) is 0 Å². The second-order valence-electron chi connectivity index (χ2n) is 8.09. The van der Waals surface area contributed by atoms with Gasteiger partial charge >= 0.3 is 5.97 Å². The van der Waals surface area contributed by atoms with Gasteiger partial charge in [-0.15, -0.1) is 0 Å². The van der Waals surface area contributed by atoms with Crippen LogP contribution in [0, 0.1) is 5.92 Å². The van der Waals surface area contributed by atoms with E-state index in [1.807, 2.05) is 0 Å². The molecule has 0 fully saturated rings. The van der Waals surface area contributed by atoms with E-state index < -0.39 is 28.4 Å². The Morgan fingerprint density at radius 3 is 1.78 bits per heavy atom. The predicted molar refractivity (Wildman–Crippen MR) is 88.2 cm³/mol. The number of methoxy groups -OCH3 is 1. The van der Waals surface area contributed by atoms with Crippen molar-refractivity contribution in [1.82, 2.24) is 0 Å². The fraction of sp³-hybridized carbons (Fsp3) is 0.941. The topological polar surface area (TPSA) is 85.2 Å². The molecule has 6 nitrogen and oxygen atoms in total. The number of ether oxygens (including phenoxy) is 3. The maximum Gasteiger partial charge on any atom is 0.338 e. The molecule has 0 aliphatic carbocycles. The van der Waals surface area contributed by atoms with Crippen LogP contribution in [-0.4, -0.2) is 58.9 Å². The highest BCUT2D eigenvalue weighted by atomic mass is 16.6. The summed E-state index contributed by atoms with van der Waals surface area (Å²) in [7, 11) is 1.55. The summed E-state index contributed by atoms with van der Waals surface area (Å²) in [5.74, 6) is -0.863. The highest BCUT2D eigenvalue weighted by molar-refractivity contribution is 5.79. The molecule has 0 aromatic rings. The van der Waals surface area contributed by atoms with E-state index in [0.29, 0.717) is 6.61 Å². The van der Waals surface area contributed by atoms with Crippen molar-refractivity contribution in [3.05, 3.63) is 0 Å². The zero-order valence-corrected chi connectivity index (χ0v) is 16.0. The van der Waals surface area contributed by atoms with Gasteiger partial charge in [0.25, 0.3) is 0 Å². The summed E-state index contributed by atoms with van der Waals surface area (Å²) in [5.41, 5.74) is -4.46. The van der Waals surface area contributed by atoms with Crippen molar-refractivity contribution in [1.29, 1.82) is 0 Å². The van der Waals surface area contributed by atoms with E-state index in [0.717, 1.165) is 0 Å². The van der Waals surface area contributed by atoms with Gasteiger partial charge in [-0.05, 0) is 55.4 Å². The molecule has 1 unspecified atom stereocenters. The van der Waals surface area contributed by atoms with Gasteiger partial charge in [0, 0.05) is 13.0 Å². The third-order valence-electron chi connectivity index (χ3n) is 4.33. The fourth-order valence-electron chi connectivity index (χ4n) is 1.50. The standard InChI is InChI=1S/C17H34O6/c1-14(2,19)12(10-21-9)11-22-15(3,4)13(18)23-17(7,8)16(5,6)20/h12,19-20H,10-11H2,1-9H3. The van der Waals surface area contributed by atoms with Gasteiger partial charge in [-0.2, -0.15) is 0 Å². The maximum absolute atomic E-state index is 12.4. The molecule has 0 bridgehead atoms. The first kappa shape index (κ1) is 22.3. The summed E-state index contributed by atoms with van der Waals surface area (Å²) >= 11 is 0. The molecule has 0 heterocycles. The van der Waals surface area contributed by atoms with Crippen LogP contribution in [0.3, 0.4) is 0 Å². The quantitative estimate of drug-likeness (QED) is 0.627. The van der Waals surface area contributed by atoms with Gasteiger partial charge in [0.05, 0.1) is 24.4 Å². The third-order valence-corrected chi connectivity index (χ3v) is 4.33. The van der Waals surface area contributed by atoms with Crippen molar-refractivity contribution in [3.63, 3.8) is 0 Å². The molecule has 0 aromatic carbocycles. The minimum Gasteiger partial charge on any atom is -0.455 e. The summed E-state index contributed by atoms with van der Waals surface area (Å²) in [4.78, 5) is 12.4. The average Bonchev–Trinajstić information content (AvgIpc) is 2.30. The number of aliphatic hydroxyl groups is 2. The molecule has 2 N–H and O–H groups in total. The van der Waals surface area contributed by atoms with E-state index in [9.17, 15) is 15.0 Å². The lowest BCUT2D eigenvalue weighted by molar-refractivity contribution is -0.204. The van der Waals surface area contributed by atoms with Crippen LogP contribution in [0.2, 0.25) is 0 Å². The Morgan fingerprint density at radius 1 is 0.957 bits per heavy atom. The normalized spacial score (nSPS) is 15.4. The van der Waals surface area contributed by atoms with Gasteiger partial charge in [0.1, 0.15) is 5.60 Å². The number of hydrogen-bond acceptors (Lipinski definition) is 6. The SMILES string of the molecule is COCC(COC(C)(C)C(=O)OC(C)(C)C(C)(C)O)C(C)(C)O. The first-order valence-corrected chi connectivity index (χ1v) is 7.85. The van der Waals surface area contributed by atoms with Crippen molar-refractivity contribution < 1.29 is 29.2 Å². The molecule has 0 spiro atoms. The zero-order chi connectivity index (χ0) is 18.7. The lowest BCUT2D eigenvalue weighted by atomic mass is 9.89. The lowest BCUT2D eigenvalue weighted by Gasteiger charge is -2.39. The summed E-state index contributed by atoms with van der Waals surface area (Å²) in [6.07, 6.45) is 0. The maximum atomic E-state index is 12.4. The van der Waals surface area contributed by atoms with Crippen LogP contribution < -0.4 is 0 Å². The largest absolute Gasteiger partial charge is 0.455 e. The van der Waals surface area contributed by atoms with Gasteiger partial charge in [0.2, 0.25) is 0 Å². The average molecular weight is 334 g/mol. The Labute approximate surface area is 140 Å². The third kappa shape index (κ3) is 6.75. The van der Waals surface area contributed by atoms with Crippen molar-refractivity contribution in [2.75, 3.05) is 20.3 Å². The molecule has 0 aromatic heterocycles. The van der Waals surface area contributed by atoms with Crippen molar-refractivity contribution in [3.8, 4) is 0 Å². The fourth-order valence-corrected chi connectivity index (χ4v) is 1.50. The zero-order valence-electron chi connectivity index (χ0n) is 16.0. The molecule has 0 rings (SSSR count). The van der Waals surface area contributed by atoms with Gasteiger partial charge in [-0.1, -0.05) is 0 Å². The van der Waals surface area contributed by atoms with E-state index in [1.54, 1.807) is 62.5 Å². The molecule has 0 radical (unpaired) electrons. The van der Waals surface area contributed by atoms with Gasteiger partial charge in [-0.25, -0.2) is 4.79 Å². The van der Waals surface area contributed by atoms with Crippen LogP contribution in [0.5, 0.6) is 0 Å². The van der Waals surface area contributed by atoms with E-state index in [2.05, 4.69) is 0 Å². The van der Waals surface area contributed by atoms with Crippen LogP contribution in [0.25, 0.3) is 0 Å². The minimum absolute atomic E-state index is 0.141. The Morgan fingerprint density at radius 2 is 1.43 bits per heavy atom. The van der Waals surface area contributed by atoms with Gasteiger partial charge in [0.15, 0.2) is 5.60 Å². The van der Waals surface area contributed by atoms with Crippen LogP contribution in [-0.2, 0) is 19.0 Å². The molecule has 138 valence electrons. The van der Waals surface area contributed by atoms with Gasteiger partial charge in [-0.3, -0.25) is 0 Å². The number of carbonyl (C=O) groups excluding carboxylic acids is 1. The van der Waals surface area contributed by atoms with Crippen LogP contribution >= 0.6 is 0 Å². The molecule has 1 atom stereocenters. The molecular weight excluding hydrogens is 300 g/mol. The Bertz CT molecular complexity index is 387. The van der Waals surface area contributed by atoms with Gasteiger partial charge < -0.3 is 24.4 Å². The molecule has 0 saturated carbocycles. The Hall–Kier alpha value is -0.690. The first-order chi connectivity index (χ1) is 10.0. The Balaban J connectivity index is 4.90. The van der Waals surface area contributed by atoms with E-state index in [1.165, 1.54) is 0 Å². The molecular formula is C17H34O6. The summed E-state index contributed by atoms with van der Waals surface area (Å²) in [6.45, 7) is 13.4. The lowest BCUT2D eigenvalue weighted by Crippen LogP contribution is -2.52. The second-order valence-corrected chi connectivity index (χ2v) is 8.09. The van der Waals surface area contributed by atoms with E-state index in [-0.39, 0.29) is 12.5 Å². The number of hydrogen-bond donors (Lipinski definition) is 2. The molecule has 6 heteroatoms. The second kappa shape index (κ2) is 7.47. The number of esters is 1. The molecule has 0 saturated heterocycles. The summed E-state index contributed by atoms with van der Waals surface area (Å²) in [5, 5.41) is 20.2. The van der Waals surface area contributed by atoms with Crippen molar-refractivity contribution in [2.24, 2.45) is 5.92 Å². The highest BCUT2D eigenvalue weighted by Gasteiger charge is 2.43. The van der Waals surface area contributed by atoms with E-state index in [4.69, 9.17) is 14.2 Å². The van der Waals surface area contributed by atoms with Crippen LogP contribution in [0.15, 0.2) is 0 Å². The first-order valence-electron chi connectivity index (χ1n) is 7.85. The Kier molecular flexibility index (Phi) is 7.24. The smallest absolute Gasteiger partial charge is 0.338 e.